The normalized spacial score (nSPS) is 26.2. The number of carbonyl (C=O) groups is 1. The molecule has 3 aliphatic rings. The predicted octanol–water partition coefficient (Wildman–Crippen LogP) is 3.36. The zero-order valence-corrected chi connectivity index (χ0v) is 16.0. The van der Waals surface area contributed by atoms with E-state index in [2.05, 4.69) is 4.90 Å². The maximum Gasteiger partial charge on any atom is 0.173 e. The lowest BCUT2D eigenvalue weighted by molar-refractivity contribution is 0.0442. The van der Waals surface area contributed by atoms with E-state index in [0.717, 1.165) is 27.1 Å². The van der Waals surface area contributed by atoms with E-state index in [1.165, 1.54) is 43.5 Å². The average molecular weight is 378 g/mol. The van der Waals surface area contributed by atoms with Crippen LogP contribution in [0.4, 0.5) is 0 Å². The molecule has 1 atom stereocenters. The van der Waals surface area contributed by atoms with Crippen molar-refractivity contribution in [3.05, 3.63) is 34.7 Å². The number of fused-ring (bicyclic) bond motifs is 4. The molecule has 2 bridgehead atoms. The van der Waals surface area contributed by atoms with Crippen LogP contribution < -0.4 is 0 Å². The molecule has 4 nitrogen and oxygen atoms in total. The monoisotopic (exact) mass is 377 g/mol. The molecule has 2 aromatic rings. The number of thiophene rings is 1. The SMILES string of the molecule is CS(=O)(=O)Cc1ccc2cc(C(=O)C[C@H]3CN4CCC3CC4)sc2c1. The zero-order valence-electron chi connectivity index (χ0n) is 14.4. The summed E-state index contributed by atoms with van der Waals surface area (Å²) >= 11 is 1.50. The lowest BCUT2D eigenvalue weighted by Crippen LogP contribution is -2.47. The van der Waals surface area contributed by atoms with E-state index >= 15 is 0 Å². The van der Waals surface area contributed by atoms with Crippen molar-refractivity contribution in [1.29, 1.82) is 0 Å². The fraction of sp³-hybridized carbons (Fsp3) is 0.526. The number of nitrogens with zero attached hydrogens (tertiary/aromatic N) is 1. The van der Waals surface area contributed by atoms with Crippen molar-refractivity contribution >= 4 is 37.0 Å². The Morgan fingerprint density at radius 1 is 1.24 bits per heavy atom. The molecule has 0 amide bonds. The van der Waals surface area contributed by atoms with Gasteiger partial charge in [0, 0.05) is 23.9 Å². The van der Waals surface area contributed by atoms with Gasteiger partial charge in [0.1, 0.15) is 0 Å². The molecule has 0 radical (unpaired) electrons. The third kappa shape index (κ3) is 3.81. The molecule has 3 fully saturated rings. The van der Waals surface area contributed by atoms with Crippen LogP contribution in [0, 0.1) is 11.8 Å². The molecule has 0 N–H and O–H groups in total. The number of piperidine rings is 3. The second-order valence-electron chi connectivity index (χ2n) is 7.58. The predicted molar refractivity (Wildman–Crippen MR) is 102 cm³/mol. The van der Waals surface area contributed by atoms with Crippen molar-refractivity contribution in [3.63, 3.8) is 0 Å². The maximum atomic E-state index is 12.8. The third-order valence-corrected chi connectivity index (χ3v) is 7.52. The van der Waals surface area contributed by atoms with Crippen LogP contribution in [-0.2, 0) is 15.6 Å². The van der Waals surface area contributed by atoms with Crippen LogP contribution in [0.3, 0.4) is 0 Å². The fourth-order valence-corrected chi connectivity index (χ4v) is 6.12. The van der Waals surface area contributed by atoms with E-state index in [-0.39, 0.29) is 11.5 Å². The van der Waals surface area contributed by atoms with Crippen LogP contribution in [0.15, 0.2) is 24.3 Å². The van der Waals surface area contributed by atoms with Crippen molar-refractivity contribution in [1.82, 2.24) is 4.90 Å². The van der Waals surface area contributed by atoms with Gasteiger partial charge in [-0.25, -0.2) is 8.42 Å². The highest BCUT2D eigenvalue weighted by atomic mass is 32.2. The van der Waals surface area contributed by atoms with Crippen molar-refractivity contribution in [3.8, 4) is 0 Å². The summed E-state index contributed by atoms with van der Waals surface area (Å²) in [6.07, 6.45) is 4.36. The van der Waals surface area contributed by atoms with Crippen LogP contribution in [-0.4, -0.2) is 45.0 Å². The molecule has 0 unspecified atom stereocenters. The Balaban J connectivity index is 1.52. The van der Waals surface area contributed by atoms with Gasteiger partial charge in [-0.2, -0.15) is 0 Å². The molecular formula is C19H23NO3S2. The van der Waals surface area contributed by atoms with Crippen LogP contribution in [0.2, 0.25) is 0 Å². The molecule has 6 heteroatoms. The van der Waals surface area contributed by atoms with E-state index < -0.39 is 9.84 Å². The van der Waals surface area contributed by atoms with Gasteiger partial charge in [-0.05, 0) is 60.8 Å². The van der Waals surface area contributed by atoms with E-state index in [1.54, 1.807) is 0 Å². The molecule has 4 heterocycles. The summed E-state index contributed by atoms with van der Waals surface area (Å²) in [5.41, 5.74) is 0.785. The van der Waals surface area contributed by atoms with Gasteiger partial charge >= 0.3 is 0 Å². The number of hydrogen-bond acceptors (Lipinski definition) is 5. The summed E-state index contributed by atoms with van der Waals surface area (Å²) in [5, 5.41) is 1.03. The molecule has 3 saturated heterocycles. The molecule has 3 aliphatic heterocycles. The van der Waals surface area contributed by atoms with E-state index in [4.69, 9.17) is 0 Å². The van der Waals surface area contributed by atoms with Gasteiger partial charge in [0.25, 0.3) is 0 Å². The molecule has 0 saturated carbocycles. The minimum absolute atomic E-state index is 0.0453. The Hall–Kier alpha value is -1.24. The number of sulfone groups is 1. The second-order valence-corrected chi connectivity index (χ2v) is 10.8. The Labute approximate surface area is 152 Å². The van der Waals surface area contributed by atoms with Gasteiger partial charge in [-0.1, -0.05) is 12.1 Å². The van der Waals surface area contributed by atoms with Crippen molar-refractivity contribution in [2.45, 2.75) is 25.0 Å². The largest absolute Gasteiger partial charge is 0.303 e. The summed E-state index contributed by atoms with van der Waals surface area (Å²) in [4.78, 5) is 16.1. The Bertz CT molecular complexity index is 908. The van der Waals surface area contributed by atoms with Gasteiger partial charge in [0.05, 0.1) is 10.6 Å². The third-order valence-electron chi connectivity index (χ3n) is 5.53. The van der Waals surface area contributed by atoms with Crippen molar-refractivity contribution in [2.24, 2.45) is 11.8 Å². The van der Waals surface area contributed by atoms with Crippen LogP contribution in [0.25, 0.3) is 10.1 Å². The second kappa shape index (κ2) is 6.49. The molecule has 134 valence electrons. The van der Waals surface area contributed by atoms with Crippen LogP contribution >= 0.6 is 11.3 Å². The van der Waals surface area contributed by atoms with E-state index in [0.29, 0.717) is 18.3 Å². The quantitative estimate of drug-likeness (QED) is 0.750. The van der Waals surface area contributed by atoms with Gasteiger partial charge in [0.15, 0.2) is 15.6 Å². The van der Waals surface area contributed by atoms with Crippen LogP contribution in [0.5, 0.6) is 0 Å². The highest BCUT2D eigenvalue weighted by Crippen LogP contribution is 2.36. The topological polar surface area (TPSA) is 54.5 Å². The fourth-order valence-electron chi connectivity index (χ4n) is 4.26. The Morgan fingerprint density at radius 3 is 2.64 bits per heavy atom. The zero-order chi connectivity index (χ0) is 17.6. The average Bonchev–Trinajstić information content (AvgIpc) is 2.98. The first-order chi connectivity index (χ1) is 11.9. The first-order valence-electron chi connectivity index (χ1n) is 8.83. The minimum atomic E-state index is -3.05. The number of rotatable bonds is 5. The number of Topliss-reactive ketones (excluding diaryl/α,β-unsaturated/α-hetero) is 1. The van der Waals surface area contributed by atoms with Gasteiger partial charge < -0.3 is 4.90 Å². The highest BCUT2D eigenvalue weighted by Gasteiger charge is 2.35. The van der Waals surface area contributed by atoms with E-state index in [1.807, 2.05) is 24.3 Å². The van der Waals surface area contributed by atoms with Gasteiger partial charge in [-0.15, -0.1) is 11.3 Å². The minimum Gasteiger partial charge on any atom is -0.303 e. The van der Waals surface area contributed by atoms with Crippen molar-refractivity contribution < 1.29 is 13.2 Å². The summed E-state index contributed by atoms with van der Waals surface area (Å²) in [6.45, 7) is 3.46. The summed E-state index contributed by atoms with van der Waals surface area (Å²) in [5.74, 6) is 1.50. The lowest BCUT2D eigenvalue weighted by atomic mass is 9.76. The van der Waals surface area contributed by atoms with Crippen molar-refractivity contribution in [2.75, 3.05) is 25.9 Å². The molecule has 0 aliphatic carbocycles. The first-order valence-corrected chi connectivity index (χ1v) is 11.7. The summed E-state index contributed by atoms with van der Waals surface area (Å²) in [7, 11) is -3.05. The highest BCUT2D eigenvalue weighted by molar-refractivity contribution is 7.89. The number of benzene rings is 1. The smallest absolute Gasteiger partial charge is 0.173 e. The lowest BCUT2D eigenvalue weighted by Gasteiger charge is -2.44. The van der Waals surface area contributed by atoms with E-state index in [9.17, 15) is 13.2 Å². The number of hydrogen-bond donors (Lipinski definition) is 0. The molecule has 1 aromatic heterocycles. The van der Waals surface area contributed by atoms with Crippen LogP contribution in [0.1, 0.15) is 34.5 Å². The van der Waals surface area contributed by atoms with Gasteiger partial charge in [0.2, 0.25) is 0 Å². The maximum absolute atomic E-state index is 12.8. The molecule has 0 spiro atoms. The first kappa shape index (κ1) is 17.2. The summed E-state index contributed by atoms with van der Waals surface area (Å²) in [6, 6.07) is 7.65. The summed E-state index contributed by atoms with van der Waals surface area (Å²) < 4.78 is 24.0. The standard InChI is InChI=1S/C19H23NO3S2/c1-25(22,23)12-13-2-3-15-10-19(24-18(15)8-13)17(21)9-16-11-20-6-4-14(16)5-7-20/h2-3,8,10,14,16H,4-7,9,11-12H2,1H3/t16-/m0/s1. The number of carbonyl (C=O) groups excluding carboxylic acids is 1. The molecule has 1 aromatic carbocycles. The Morgan fingerprint density at radius 2 is 2.00 bits per heavy atom. The molecule has 25 heavy (non-hydrogen) atoms. The Kier molecular flexibility index (Phi) is 4.46. The van der Waals surface area contributed by atoms with Gasteiger partial charge in [-0.3, -0.25) is 4.79 Å². The molecule has 5 rings (SSSR count). The molecular weight excluding hydrogens is 354 g/mol. The number of ketones is 1.